The smallest absolute Gasteiger partial charge is 0.408 e. The van der Waals surface area contributed by atoms with E-state index in [1.165, 1.54) is 4.90 Å². The third-order valence-electron chi connectivity index (χ3n) is 6.03. The fourth-order valence-corrected chi connectivity index (χ4v) is 3.89. The number of amides is 3. The molecule has 0 spiro atoms. The molecule has 0 aromatic heterocycles. The van der Waals surface area contributed by atoms with E-state index >= 15 is 0 Å². The summed E-state index contributed by atoms with van der Waals surface area (Å²) >= 11 is 0. The number of hydrogen-bond donors (Lipinski definition) is 2. The van der Waals surface area contributed by atoms with Gasteiger partial charge in [-0.15, -0.1) is 0 Å². The van der Waals surface area contributed by atoms with Gasteiger partial charge in [-0.1, -0.05) is 74.9 Å². The van der Waals surface area contributed by atoms with E-state index in [9.17, 15) is 19.6 Å². The molecule has 0 saturated heterocycles. The quantitative estimate of drug-likeness (QED) is 0.456. The van der Waals surface area contributed by atoms with Gasteiger partial charge in [0.1, 0.15) is 24.2 Å². The topological polar surface area (TPSA) is 112 Å². The lowest BCUT2D eigenvalue weighted by molar-refractivity contribution is -0.142. The lowest BCUT2D eigenvalue weighted by Gasteiger charge is -2.35. The molecule has 8 heteroatoms. The van der Waals surface area contributed by atoms with E-state index in [0.29, 0.717) is 12.0 Å². The SMILES string of the molecule is CCC(C)C(NC(=O)OC(C)(C)C)C(=O)N(CC#N)C(C(=O)NCc1ccccc1)c1ccccc1C. The maximum Gasteiger partial charge on any atom is 0.408 e. The molecule has 0 aliphatic heterocycles. The van der Waals surface area contributed by atoms with Gasteiger partial charge < -0.3 is 20.3 Å². The van der Waals surface area contributed by atoms with E-state index in [1.807, 2.05) is 69.3 Å². The Bertz CT molecular complexity index is 1100. The number of benzene rings is 2. The van der Waals surface area contributed by atoms with Crippen molar-refractivity contribution in [2.75, 3.05) is 6.54 Å². The van der Waals surface area contributed by atoms with Crippen molar-refractivity contribution in [1.29, 1.82) is 5.26 Å². The lowest BCUT2D eigenvalue weighted by atomic mass is 9.94. The molecular weight excluding hydrogens is 468 g/mol. The fourth-order valence-electron chi connectivity index (χ4n) is 3.89. The Hall–Kier alpha value is -3.86. The van der Waals surface area contributed by atoms with Gasteiger partial charge in [0.25, 0.3) is 0 Å². The van der Waals surface area contributed by atoms with E-state index in [2.05, 4.69) is 10.6 Å². The molecule has 2 aromatic rings. The largest absolute Gasteiger partial charge is 0.444 e. The maximum atomic E-state index is 14.0. The molecule has 2 aromatic carbocycles. The fraction of sp³-hybridized carbons (Fsp3) is 0.448. The van der Waals surface area contributed by atoms with Crippen molar-refractivity contribution in [2.24, 2.45) is 5.92 Å². The van der Waals surface area contributed by atoms with E-state index < -0.39 is 35.6 Å². The van der Waals surface area contributed by atoms with Gasteiger partial charge in [-0.2, -0.15) is 5.26 Å². The van der Waals surface area contributed by atoms with E-state index in [0.717, 1.165) is 11.1 Å². The van der Waals surface area contributed by atoms with Gasteiger partial charge in [0.2, 0.25) is 11.8 Å². The van der Waals surface area contributed by atoms with Gasteiger partial charge in [0.15, 0.2) is 0 Å². The number of nitrogens with zero attached hydrogens (tertiary/aromatic N) is 2. The molecule has 0 fully saturated rings. The Morgan fingerprint density at radius 3 is 2.24 bits per heavy atom. The zero-order chi connectivity index (χ0) is 27.6. The Morgan fingerprint density at radius 2 is 1.68 bits per heavy atom. The number of rotatable bonds is 10. The molecule has 3 atom stereocenters. The standard InChI is InChI=1S/C29H38N4O4/c1-7-20(2)24(32-28(36)37-29(4,5)6)27(35)33(18-17-30)25(23-16-12-11-13-21(23)3)26(34)31-19-22-14-9-8-10-15-22/h8-16,20,24-25H,7,18-19H2,1-6H3,(H,31,34)(H,32,36). The summed E-state index contributed by atoms with van der Waals surface area (Å²) in [7, 11) is 0. The molecule has 198 valence electrons. The summed E-state index contributed by atoms with van der Waals surface area (Å²) in [6.07, 6.45) is -0.147. The normalized spacial score (nSPS) is 13.4. The summed E-state index contributed by atoms with van der Waals surface area (Å²) in [6.45, 7) is 10.7. The van der Waals surface area contributed by atoms with Crippen molar-refractivity contribution >= 4 is 17.9 Å². The summed E-state index contributed by atoms with van der Waals surface area (Å²) < 4.78 is 5.39. The van der Waals surface area contributed by atoms with Crippen molar-refractivity contribution in [3.8, 4) is 6.07 Å². The van der Waals surface area contributed by atoms with Crippen LogP contribution in [0.2, 0.25) is 0 Å². The van der Waals surface area contributed by atoms with Crippen LogP contribution in [0, 0.1) is 24.2 Å². The van der Waals surface area contributed by atoms with E-state index in [1.54, 1.807) is 32.9 Å². The zero-order valence-electron chi connectivity index (χ0n) is 22.6. The summed E-state index contributed by atoms with van der Waals surface area (Å²) in [5, 5.41) is 15.3. The summed E-state index contributed by atoms with van der Waals surface area (Å²) in [5.74, 6) is -1.21. The summed E-state index contributed by atoms with van der Waals surface area (Å²) in [4.78, 5) is 41.5. The third kappa shape index (κ3) is 8.64. The molecule has 2 N–H and O–H groups in total. The molecule has 0 aliphatic carbocycles. The highest BCUT2D eigenvalue weighted by Gasteiger charge is 2.38. The number of hydrogen-bond acceptors (Lipinski definition) is 5. The van der Waals surface area contributed by atoms with Crippen molar-refractivity contribution in [3.63, 3.8) is 0 Å². The predicted molar refractivity (Wildman–Crippen MR) is 142 cm³/mol. The van der Waals surface area contributed by atoms with Crippen molar-refractivity contribution in [3.05, 3.63) is 71.3 Å². The predicted octanol–water partition coefficient (Wildman–Crippen LogP) is 4.64. The Kier molecular flexibility index (Phi) is 10.7. The number of nitrogens with one attached hydrogen (secondary N) is 2. The molecule has 3 unspecified atom stereocenters. The highest BCUT2D eigenvalue weighted by molar-refractivity contribution is 5.92. The molecule has 0 saturated carbocycles. The van der Waals surface area contributed by atoms with E-state index in [-0.39, 0.29) is 19.0 Å². The van der Waals surface area contributed by atoms with Crippen LogP contribution in [0.3, 0.4) is 0 Å². The highest BCUT2D eigenvalue weighted by atomic mass is 16.6. The van der Waals surface area contributed by atoms with Crippen LogP contribution in [0.5, 0.6) is 0 Å². The Labute approximate surface area is 220 Å². The first-order valence-electron chi connectivity index (χ1n) is 12.5. The van der Waals surface area contributed by atoms with Gasteiger partial charge >= 0.3 is 6.09 Å². The minimum atomic E-state index is -1.07. The average Bonchev–Trinajstić information content (AvgIpc) is 2.85. The van der Waals surface area contributed by atoms with Gasteiger partial charge in [-0.25, -0.2) is 4.79 Å². The van der Waals surface area contributed by atoms with Crippen molar-refractivity contribution < 1.29 is 19.1 Å². The molecule has 0 bridgehead atoms. The van der Waals surface area contributed by atoms with Crippen LogP contribution in [0.25, 0.3) is 0 Å². The minimum absolute atomic E-state index is 0.265. The molecule has 8 nitrogen and oxygen atoms in total. The first-order chi connectivity index (χ1) is 17.5. The average molecular weight is 507 g/mol. The van der Waals surface area contributed by atoms with E-state index in [4.69, 9.17) is 4.74 Å². The van der Waals surface area contributed by atoms with Crippen molar-refractivity contribution in [1.82, 2.24) is 15.5 Å². The molecule has 0 radical (unpaired) electrons. The highest BCUT2D eigenvalue weighted by Crippen LogP contribution is 2.27. The van der Waals surface area contributed by atoms with Crippen LogP contribution in [0.15, 0.2) is 54.6 Å². The van der Waals surface area contributed by atoms with Crippen LogP contribution in [-0.4, -0.2) is 41.0 Å². The van der Waals surface area contributed by atoms with Crippen molar-refractivity contribution in [2.45, 2.75) is 72.2 Å². The number of carbonyl (C=O) groups is 3. The first-order valence-corrected chi connectivity index (χ1v) is 12.5. The van der Waals surface area contributed by atoms with Gasteiger partial charge in [-0.05, 0) is 50.3 Å². The minimum Gasteiger partial charge on any atom is -0.444 e. The van der Waals surface area contributed by atoms with Crippen LogP contribution >= 0.6 is 0 Å². The molecule has 0 heterocycles. The first kappa shape index (κ1) is 29.4. The van der Waals surface area contributed by atoms with Crippen LogP contribution < -0.4 is 10.6 Å². The number of nitriles is 1. The second-order valence-electron chi connectivity index (χ2n) is 10.1. The third-order valence-corrected chi connectivity index (χ3v) is 6.03. The number of carbonyl (C=O) groups excluding carboxylic acids is 3. The van der Waals surface area contributed by atoms with Crippen LogP contribution in [-0.2, 0) is 20.9 Å². The number of aryl methyl sites for hydroxylation is 1. The summed E-state index contributed by atoms with van der Waals surface area (Å²) in [5.41, 5.74) is 1.57. The van der Waals surface area contributed by atoms with Crippen LogP contribution in [0.1, 0.15) is 63.8 Å². The number of alkyl carbamates (subject to hydrolysis) is 1. The lowest BCUT2D eigenvalue weighted by Crippen LogP contribution is -2.55. The molecule has 3 amide bonds. The second-order valence-corrected chi connectivity index (χ2v) is 10.1. The monoisotopic (exact) mass is 506 g/mol. The second kappa shape index (κ2) is 13.4. The molecule has 2 rings (SSSR count). The van der Waals surface area contributed by atoms with Gasteiger partial charge in [0.05, 0.1) is 6.07 Å². The molecular formula is C29H38N4O4. The molecule has 37 heavy (non-hydrogen) atoms. The zero-order valence-corrected chi connectivity index (χ0v) is 22.6. The Morgan fingerprint density at radius 1 is 1.05 bits per heavy atom. The van der Waals surface area contributed by atoms with Crippen LogP contribution in [0.4, 0.5) is 4.79 Å². The van der Waals surface area contributed by atoms with Gasteiger partial charge in [-0.3, -0.25) is 9.59 Å². The number of ether oxygens (including phenoxy) is 1. The Balaban J connectivity index is 2.46. The maximum absolute atomic E-state index is 14.0. The summed E-state index contributed by atoms with van der Waals surface area (Å²) in [6, 6.07) is 16.7. The van der Waals surface area contributed by atoms with Gasteiger partial charge in [0, 0.05) is 6.54 Å². The molecule has 0 aliphatic rings.